The molecule has 0 spiro atoms. The van der Waals surface area contributed by atoms with E-state index in [1.807, 2.05) is 13.8 Å². The molecule has 2 aliphatic rings. The van der Waals surface area contributed by atoms with Crippen LogP contribution in [-0.4, -0.2) is 33.6 Å². The number of ether oxygens (including phenoxy) is 1. The Hall–Kier alpha value is -0.640. The molecule has 23 heavy (non-hydrogen) atoms. The van der Waals surface area contributed by atoms with Gasteiger partial charge in [0.15, 0.2) is 0 Å². The first-order chi connectivity index (χ1) is 10.6. The summed E-state index contributed by atoms with van der Waals surface area (Å²) in [6, 6.07) is 0. The van der Waals surface area contributed by atoms with Crippen LogP contribution in [-0.2, 0) is 4.74 Å². The lowest BCUT2D eigenvalue weighted by Crippen LogP contribution is -2.54. The molecule has 0 amide bonds. The minimum Gasteiger partial charge on any atom is -0.387 e. The predicted molar refractivity (Wildman–Crippen MR) is 94.3 cm³/mol. The topological polar surface area (TPSA) is 49.7 Å². The van der Waals surface area contributed by atoms with E-state index in [0.717, 1.165) is 19.3 Å². The number of hydrogen-bond donors (Lipinski definition) is 2. The van der Waals surface area contributed by atoms with Crippen molar-refractivity contribution in [2.24, 2.45) is 5.92 Å². The predicted octanol–water partition coefficient (Wildman–Crippen LogP) is 4.14. The highest BCUT2D eigenvalue weighted by Gasteiger charge is 2.44. The highest BCUT2D eigenvalue weighted by atomic mass is 16.5. The second kappa shape index (κ2) is 7.08. The fraction of sp³-hybridized carbons (Fsp3) is 0.800. The molecule has 2 N–H and O–H groups in total. The fourth-order valence-corrected chi connectivity index (χ4v) is 3.65. The normalized spacial score (nSPS) is 44.5. The molecule has 0 saturated carbocycles. The first kappa shape index (κ1) is 18.7. The molecule has 0 aromatic heterocycles. The third-order valence-electron chi connectivity index (χ3n) is 5.67. The van der Waals surface area contributed by atoms with Crippen molar-refractivity contribution in [2.75, 3.05) is 0 Å². The van der Waals surface area contributed by atoms with E-state index in [9.17, 15) is 10.2 Å². The van der Waals surface area contributed by atoms with Crippen LogP contribution in [0.25, 0.3) is 0 Å². The van der Waals surface area contributed by atoms with Crippen molar-refractivity contribution in [3.8, 4) is 0 Å². The standard InChI is InChI=1S/C20H34O3/c1-14(2)16-8-6-15(3)7-9-17-20(5,22)13-11-18(23-17)19(4,21)12-10-16/h6,8,14,17-18,21-22H,7,9-13H2,1-5H3/b15-6+,16-8+/t17-,18-,19+,20+/m0/s1. The molecule has 2 aliphatic heterocycles. The van der Waals surface area contributed by atoms with Crippen LogP contribution in [0.3, 0.4) is 0 Å². The summed E-state index contributed by atoms with van der Waals surface area (Å²) < 4.78 is 6.19. The van der Waals surface area contributed by atoms with Gasteiger partial charge in [0.05, 0.1) is 23.4 Å². The van der Waals surface area contributed by atoms with Gasteiger partial charge in [-0.05, 0) is 65.2 Å². The second-order valence-corrected chi connectivity index (χ2v) is 8.31. The Kier molecular flexibility index (Phi) is 5.76. The number of rotatable bonds is 1. The molecule has 0 aliphatic carbocycles. The Morgan fingerprint density at radius 2 is 1.61 bits per heavy atom. The SMILES string of the molecule is C/C1=C\C=C(\C(C)C)CC[C@@](C)(O)[C@@H]2CC[C@@](C)(O)[C@H](CC1)O2. The van der Waals surface area contributed by atoms with E-state index in [4.69, 9.17) is 4.74 Å². The average Bonchev–Trinajstić information content (AvgIpc) is 2.43. The molecule has 3 nitrogen and oxygen atoms in total. The Morgan fingerprint density at radius 3 is 2.26 bits per heavy atom. The zero-order valence-corrected chi connectivity index (χ0v) is 15.4. The number of fused-ring (bicyclic) bond motifs is 2. The molecule has 3 heteroatoms. The van der Waals surface area contributed by atoms with Gasteiger partial charge in [0.2, 0.25) is 0 Å². The van der Waals surface area contributed by atoms with Crippen LogP contribution in [0.2, 0.25) is 0 Å². The van der Waals surface area contributed by atoms with Gasteiger partial charge in [-0.15, -0.1) is 0 Å². The van der Waals surface area contributed by atoms with E-state index >= 15 is 0 Å². The number of hydrogen-bond acceptors (Lipinski definition) is 3. The van der Waals surface area contributed by atoms with Gasteiger partial charge in [-0.25, -0.2) is 0 Å². The highest BCUT2D eigenvalue weighted by Crippen LogP contribution is 2.38. The van der Waals surface area contributed by atoms with Crippen LogP contribution in [0.15, 0.2) is 23.3 Å². The maximum Gasteiger partial charge on any atom is 0.0883 e. The van der Waals surface area contributed by atoms with E-state index in [1.165, 1.54) is 11.1 Å². The quantitative estimate of drug-likeness (QED) is 0.763. The van der Waals surface area contributed by atoms with Crippen molar-refractivity contribution in [1.82, 2.24) is 0 Å². The summed E-state index contributed by atoms with van der Waals surface area (Å²) in [5.41, 5.74) is 1.05. The third-order valence-corrected chi connectivity index (χ3v) is 5.67. The summed E-state index contributed by atoms with van der Waals surface area (Å²) in [4.78, 5) is 0. The van der Waals surface area contributed by atoms with E-state index in [-0.39, 0.29) is 12.2 Å². The number of allylic oxidation sites excluding steroid dienone is 4. The molecule has 0 unspecified atom stereocenters. The molecular formula is C20H34O3. The van der Waals surface area contributed by atoms with Crippen LogP contribution < -0.4 is 0 Å². The summed E-state index contributed by atoms with van der Waals surface area (Å²) >= 11 is 0. The molecule has 132 valence electrons. The van der Waals surface area contributed by atoms with E-state index < -0.39 is 11.2 Å². The summed E-state index contributed by atoms with van der Waals surface area (Å²) in [5, 5.41) is 21.6. The van der Waals surface area contributed by atoms with Crippen molar-refractivity contribution in [3.63, 3.8) is 0 Å². The van der Waals surface area contributed by atoms with Gasteiger partial charge in [0.1, 0.15) is 0 Å². The molecule has 1 fully saturated rings. The molecule has 0 aromatic rings. The van der Waals surface area contributed by atoms with Crippen LogP contribution in [0.5, 0.6) is 0 Å². The zero-order valence-electron chi connectivity index (χ0n) is 15.4. The molecule has 0 aromatic carbocycles. The fourth-order valence-electron chi connectivity index (χ4n) is 3.65. The van der Waals surface area contributed by atoms with E-state index in [2.05, 4.69) is 32.9 Å². The molecule has 2 bridgehead atoms. The largest absolute Gasteiger partial charge is 0.387 e. The molecule has 4 atom stereocenters. The van der Waals surface area contributed by atoms with Gasteiger partial charge < -0.3 is 14.9 Å². The summed E-state index contributed by atoms with van der Waals surface area (Å²) in [6.45, 7) is 10.3. The lowest BCUT2D eigenvalue weighted by Gasteiger charge is -2.46. The van der Waals surface area contributed by atoms with Crippen molar-refractivity contribution in [2.45, 2.75) is 96.6 Å². The van der Waals surface area contributed by atoms with Gasteiger partial charge in [-0.1, -0.05) is 37.1 Å². The first-order valence-corrected chi connectivity index (χ1v) is 9.08. The Labute approximate surface area is 141 Å². The van der Waals surface area contributed by atoms with E-state index in [1.54, 1.807) is 0 Å². The monoisotopic (exact) mass is 322 g/mol. The average molecular weight is 322 g/mol. The zero-order chi connectivity index (χ0) is 17.3. The summed E-state index contributed by atoms with van der Waals surface area (Å²) in [6.07, 6.45) is 8.73. The van der Waals surface area contributed by atoms with Crippen LogP contribution in [0, 0.1) is 5.92 Å². The maximum absolute atomic E-state index is 10.9. The third kappa shape index (κ3) is 4.68. The van der Waals surface area contributed by atoms with Crippen LogP contribution >= 0.6 is 0 Å². The van der Waals surface area contributed by atoms with Crippen molar-refractivity contribution in [1.29, 1.82) is 0 Å². The molecular weight excluding hydrogens is 288 g/mol. The van der Waals surface area contributed by atoms with Crippen LogP contribution in [0.1, 0.15) is 73.1 Å². The maximum atomic E-state index is 10.9. The molecule has 1 saturated heterocycles. The Morgan fingerprint density at radius 1 is 1.00 bits per heavy atom. The summed E-state index contributed by atoms with van der Waals surface area (Å²) in [7, 11) is 0. The minimum absolute atomic E-state index is 0.190. The van der Waals surface area contributed by atoms with Gasteiger partial charge in [0.25, 0.3) is 0 Å². The number of aliphatic hydroxyl groups is 2. The lowest BCUT2D eigenvalue weighted by molar-refractivity contribution is -0.216. The summed E-state index contributed by atoms with van der Waals surface area (Å²) in [5.74, 6) is 0.485. The van der Waals surface area contributed by atoms with Gasteiger partial charge in [-0.3, -0.25) is 0 Å². The van der Waals surface area contributed by atoms with Gasteiger partial charge in [0, 0.05) is 0 Å². The van der Waals surface area contributed by atoms with Crippen molar-refractivity contribution in [3.05, 3.63) is 23.3 Å². The van der Waals surface area contributed by atoms with Crippen molar-refractivity contribution < 1.29 is 14.9 Å². The Balaban J connectivity index is 2.28. The molecule has 0 radical (unpaired) electrons. The molecule has 2 heterocycles. The molecule has 2 rings (SSSR count). The second-order valence-electron chi connectivity index (χ2n) is 8.31. The lowest BCUT2D eigenvalue weighted by atomic mass is 9.79. The smallest absolute Gasteiger partial charge is 0.0883 e. The van der Waals surface area contributed by atoms with Gasteiger partial charge >= 0.3 is 0 Å². The van der Waals surface area contributed by atoms with Crippen molar-refractivity contribution >= 4 is 0 Å². The first-order valence-electron chi connectivity index (χ1n) is 9.08. The Bertz CT molecular complexity index is 471. The van der Waals surface area contributed by atoms with Crippen LogP contribution in [0.4, 0.5) is 0 Å². The van der Waals surface area contributed by atoms with E-state index in [0.29, 0.717) is 25.2 Å². The van der Waals surface area contributed by atoms with Gasteiger partial charge in [-0.2, -0.15) is 0 Å². The highest BCUT2D eigenvalue weighted by molar-refractivity contribution is 5.19. The minimum atomic E-state index is -0.847.